The molecule has 1 aliphatic rings. The largest absolute Gasteiger partial charge is 0.468 e. The van der Waals surface area contributed by atoms with Crippen molar-refractivity contribution in [3.05, 3.63) is 23.9 Å². The van der Waals surface area contributed by atoms with Gasteiger partial charge in [0.15, 0.2) is 12.6 Å². The Morgan fingerprint density at radius 3 is 2.72 bits per heavy atom. The quantitative estimate of drug-likeness (QED) is 0.258. The van der Waals surface area contributed by atoms with E-state index in [9.17, 15) is 18.3 Å². The topological polar surface area (TPSA) is 88.0 Å². The first-order chi connectivity index (χ1) is 13.4. The Bertz CT molecular complexity index is 624. The third kappa shape index (κ3) is 9.34. The van der Waals surface area contributed by atoms with Crippen molar-refractivity contribution in [2.24, 2.45) is 10.4 Å². The van der Waals surface area contributed by atoms with Gasteiger partial charge in [-0.2, -0.15) is 13.2 Å². The van der Waals surface area contributed by atoms with Crippen LogP contribution in [-0.4, -0.2) is 61.7 Å². The van der Waals surface area contributed by atoms with Gasteiger partial charge in [0.25, 0.3) is 0 Å². The highest BCUT2D eigenvalue weighted by molar-refractivity contribution is 14.0. The van der Waals surface area contributed by atoms with Gasteiger partial charge in [0.2, 0.25) is 5.88 Å². The first kappa shape index (κ1) is 25.7. The average Bonchev–Trinajstić information content (AvgIpc) is 3.12. The maximum Gasteiger partial charge on any atom is 0.422 e. The van der Waals surface area contributed by atoms with Gasteiger partial charge in [-0.15, -0.1) is 24.0 Å². The average molecular weight is 532 g/mol. The molecule has 2 rings (SSSR count). The summed E-state index contributed by atoms with van der Waals surface area (Å²) in [6, 6.07) is 3.02. The minimum Gasteiger partial charge on any atom is -0.468 e. The fraction of sp³-hybridized carbons (Fsp3) is 0.667. The summed E-state index contributed by atoms with van der Waals surface area (Å²) in [6.07, 6.45) is -1.42. The van der Waals surface area contributed by atoms with E-state index < -0.39 is 12.8 Å². The summed E-state index contributed by atoms with van der Waals surface area (Å²) in [4.78, 5) is 8.35. The van der Waals surface area contributed by atoms with E-state index in [1.807, 2.05) is 6.92 Å². The first-order valence-corrected chi connectivity index (χ1v) is 9.21. The SMILES string of the molecule is CCNC(=NCc1ccc(OCC(F)(F)F)nc1)NCC1(CCO)CCOC1.I. The molecule has 1 aromatic heterocycles. The standard InChI is InChI=1S/C18H27F3N4O3.HI/c1-2-22-16(25-11-17(5-7-26)6-8-27-12-17)24-10-14-3-4-15(23-9-14)28-13-18(19,20)21;/h3-4,9,26H,2,5-8,10-13H2,1H3,(H2,22,24,25);1H. The Balaban J connectivity index is 0.00000420. The van der Waals surface area contributed by atoms with Crippen molar-refractivity contribution in [2.75, 3.05) is 39.5 Å². The number of hydrogen-bond donors (Lipinski definition) is 3. The van der Waals surface area contributed by atoms with Gasteiger partial charge in [0.05, 0.1) is 13.2 Å². The van der Waals surface area contributed by atoms with Crippen LogP contribution in [0.1, 0.15) is 25.3 Å². The summed E-state index contributed by atoms with van der Waals surface area (Å²) in [7, 11) is 0. The lowest BCUT2D eigenvalue weighted by Gasteiger charge is -2.27. The van der Waals surface area contributed by atoms with Crippen molar-refractivity contribution < 1.29 is 27.8 Å². The fourth-order valence-corrected chi connectivity index (χ4v) is 2.84. The van der Waals surface area contributed by atoms with E-state index in [-0.39, 0.29) is 41.9 Å². The number of aliphatic hydroxyl groups excluding tert-OH is 1. The normalized spacial score (nSPS) is 19.6. The zero-order valence-corrected chi connectivity index (χ0v) is 18.6. The van der Waals surface area contributed by atoms with Gasteiger partial charge in [0, 0.05) is 44.0 Å². The second-order valence-corrected chi connectivity index (χ2v) is 6.73. The van der Waals surface area contributed by atoms with Crippen molar-refractivity contribution in [1.82, 2.24) is 15.6 Å². The molecule has 2 heterocycles. The van der Waals surface area contributed by atoms with Crippen LogP contribution in [0.3, 0.4) is 0 Å². The zero-order chi connectivity index (χ0) is 20.5. The number of alkyl halides is 3. The number of guanidine groups is 1. The molecule has 11 heteroatoms. The van der Waals surface area contributed by atoms with Gasteiger partial charge >= 0.3 is 6.18 Å². The molecular weight excluding hydrogens is 504 g/mol. The predicted molar refractivity (Wildman–Crippen MR) is 114 cm³/mol. The summed E-state index contributed by atoms with van der Waals surface area (Å²) in [5.74, 6) is 0.534. The van der Waals surface area contributed by atoms with E-state index in [0.717, 1.165) is 12.0 Å². The summed E-state index contributed by atoms with van der Waals surface area (Å²) < 4.78 is 46.5. The van der Waals surface area contributed by atoms with Crippen LogP contribution in [-0.2, 0) is 11.3 Å². The summed E-state index contributed by atoms with van der Waals surface area (Å²) in [5, 5.41) is 15.7. The van der Waals surface area contributed by atoms with Gasteiger partial charge in [-0.05, 0) is 25.3 Å². The van der Waals surface area contributed by atoms with Crippen LogP contribution in [0, 0.1) is 5.41 Å². The second-order valence-electron chi connectivity index (χ2n) is 6.73. The van der Waals surface area contributed by atoms with E-state index >= 15 is 0 Å². The predicted octanol–water partition coefficient (Wildman–Crippen LogP) is 2.48. The van der Waals surface area contributed by atoms with Gasteiger partial charge in [-0.25, -0.2) is 9.98 Å². The molecule has 1 aliphatic heterocycles. The minimum absolute atomic E-state index is 0. The van der Waals surface area contributed by atoms with Crippen molar-refractivity contribution in [3.8, 4) is 5.88 Å². The van der Waals surface area contributed by atoms with Crippen LogP contribution in [0.25, 0.3) is 0 Å². The van der Waals surface area contributed by atoms with E-state index in [0.29, 0.717) is 45.2 Å². The van der Waals surface area contributed by atoms with Gasteiger partial charge in [0.1, 0.15) is 0 Å². The summed E-state index contributed by atoms with van der Waals surface area (Å²) in [6.45, 7) is 3.59. The van der Waals surface area contributed by atoms with E-state index in [2.05, 4.69) is 25.3 Å². The lowest BCUT2D eigenvalue weighted by Crippen LogP contribution is -2.44. The Morgan fingerprint density at radius 1 is 1.38 bits per heavy atom. The number of halogens is 4. The number of pyridine rings is 1. The third-order valence-corrected chi connectivity index (χ3v) is 4.40. The van der Waals surface area contributed by atoms with Crippen LogP contribution in [0.5, 0.6) is 5.88 Å². The highest BCUT2D eigenvalue weighted by Gasteiger charge is 2.34. The van der Waals surface area contributed by atoms with Crippen LogP contribution in [0.2, 0.25) is 0 Å². The highest BCUT2D eigenvalue weighted by atomic mass is 127. The molecule has 1 atom stereocenters. The van der Waals surface area contributed by atoms with Crippen molar-refractivity contribution in [1.29, 1.82) is 0 Å². The fourth-order valence-electron chi connectivity index (χ4n) is 2.84. The zero-order valence-electron chi connectivity index (χ0n) is 16.3. The smallest absolute Gasteiger partial charge is 0.422 e. The highest BCUT2D eigenvalue weighted by Crippen LogP contribution is 2.31. The van der Waals surface area contributed by atoms with Crippen LogP contribution in [0.4, 0.5) is 13.2 Å². The number of aromatic nitrogens is 1. The Hall–Kier alpha value is -1.34. The van der Waals surface area contributed by atoms with Gasteiger partial charge in [-0.3, -0.25) is 0 Å². The molecule has 1 saturated heterocycles. The molecule has 1 unspecified atom stereocenters. The molecule has 0 saturated carbocycles. The number of aliphatic hydroxyl groups is 1. The summed E-state index contributed by atoms with van der Waals surface area (Å²) >= 11 is 0. The molecule has 166 valence electrons. The molecule has 0 amide bonds. The maximum atomic E-state index is 12.2. The van der Waals surface area contributed by atoms with Crippen LogP contribution in [0.15, 0.2) is 23.3 Å². The van der Waals surface area contributed by atoms with Gasteiger partial charge in [-0.1, -0.05) is 6.07 Å². The van der Waals surface area contributed by atoms with Crippen molar-refractivity contribution >= 4 is 29.9 Å². The number of rotatable bonds is 9. The number of nitrogens with one attached hydrogen (secondary N) is 2. The minimum atomic E-state index is -4.39. The van der Waals surface area contributed by atoms with Crippen LogP contribution < -0.4 is 15.4 Å². The first-order valence-electron chi connectivity index (χ1n) is 9.21. The molecule has 0 aliphatic carbocycles. The molecule has 1 aromatic rings. The summed E-state index contributed by atoms with van der Waals surface area (Å²) in [5.41, 5.74) is 0.634. The molecule has 0 aromatic carbocycles. The number of ether oxygens (including phenoxy) is 2. The lowest BCUT2D eigenvalue weighted by atomic mass is 9.84. The van der Waals surface area contributed by atoms with E-state index in [1.165, 1.54) is 12.3 Å². The molecule has 7 nitrogen and oxygen atoms in total. The molecular formula is C18H28F3IN4O3. The maximum absolute atomic E-state index is 12.2. The lowest BCUT2D eigenvalue weighted by molar-refractivity contribution is -0.154. The van der Waals surface area contributed by atoms with Crippen LogP contribution >= 0.6 is 24.0 Å². The number of hydrogen-bond acceptors (Lipinski definition) is 5. The van der Waals surface area contributed by atoms with E-state index in [1.54, 1.807) is 6.07 Å². The molecule has 0 bridgehead atoms. The number of nitrogens with zero attached hydrogens (tertiary/aromatic N) is 2. The number of aliphatic imine (C=N–C) groups is 1. The Morgan fingerprint density at radius 2 is 2.17 bits per heavy atom. The Kier molecular flexibility index (Phi) is 11.0. The molecule has 0 radical (unpaired) electrons. The molecule has 3 N–H and O–H groups in total. The van der Waals surface area contributed by atoms with Crippen molar-refractivity contribution in [2.45, 2.75) is 32.5 Å². The molecule has 29 heavy (non-hydrogen) atoms. The second kappa shape index (κ2) is 12.4. The Labute approximate surface area is 185 Å². The van der Waals surface area contributed by atoms with Gasteiger partial charge < -0.3 is 25.2 Å². The molecule has 0 spiro atoms. The molecule has 1 fully saturated rings. The third-order valence-electron chi connectivity index (χ3n) is 4.40. The van der Waals surface area contributed by atoms with E-state index in [4.69, 9.17) is 4.74 Å². The van der Waals surface area contributed by atoms with Crippen molar-refractivity contribution in [3.63, 3.8) is 0 Å². The monoisotopic (exact) mass is 532 g/mol.